The quantitative estimate of drug-likeness (QED) is 0.825. The summed E-state index contributed by atoms with van der Waals surface area (Å²) >= 11 is 0. The molecule has 0 saturated heterocycles. The summed E-state index contributed by atoms with van der Waals surface area (Å²) in [5.74, 6) is 0.588. The molecular weight excluding hydrogens is 242 g/mol. The van der Waals surface area contributed by atoms with E-state index in [4.69, 9.17) is 4.74 Å². The van der Waals surface area contributed by atoms with Gasteiger partial charge in [0.2, 0.25) is 0 Å². The summed E-state index contributed by atoms with van der Waals surface area (Å²) in [6, 6.07) is 7.63. The van der Waals surface area contributed by atoms with Crippen LogP contribution < -0.4 is 10.1 Å². The molecule has 0 aliphatic rings. The van der Waals surface area contributed by atoms with Gasteiger partial charge >= 0.3 is 0 Å². The van der Waals surface area contributed by atoms with Crippen LogP contribution in [0, 0.1) is 6.92 Å². The first-order valence-electron chi connectivity index (χ1n) is 6.17. The van der Waals surface area contributed by atoms with Crippen LogP contribution in [0.25, 0.3) is 0 Å². The Hall–Kier alpha value is -2.30. The van der Waals surface area contributed by atoms with Crippen molar-refractivity contribution in [3.05, 3.63) is 48.0 Å². The number of hydrogen-bond donors (Lipinski definition) is 2. The van der Waals surface area contributed by atoms with Crippen LogP contribution in [0.1, 0.15) is 11.3 Å². The minimum absolute atomic E-state index is 0.0342. The summed E-state index contributed by atoms with van der Waals surface area (Å²) in [4.78, 5) is 18.5. The molecule has 19 heavy (non-hydrogen) atoms. The van der Waals surface area contributed by atoms with E-state index in [1.54, 1.807) is 12.5 Å². The molecule has 0 radical (unpaired) electrons. The number of aromatic amines is 1. The zero-order valence-corrected chi connectivity index (χ0v) is 10.8. The number of carbonyl (C=O) groups excluding carboxylic acids is 1. The fourth-order valence-electron chi connectivity index (χ4n) is 1.66. The number of imidazole rings is 1. The summed E-state index contributed by atoms with van der Waals surface area (Å²) in [5.41, 5.74) is 2.11. The minimum atomic E-state index is -0.124. The number of aromatic nitrogens is 2. The number of hydrogen-bond acceptors (Lipinski definition) is 3. The molecule has 5 nitrogen and oxygen atoms in total. The van der Waals surface area contributed by atoms with Crippen molar-refractivity contribution < 1.29 is 9.53 Å². The number of aryl methyl sites for hydroxylation is 1. The number of nitrogens with one attached hydrogen (secondary N) is 2. The highest BCUT2D eigenvalue weighted by Crippen LogP contribution is 2.11. The first-order valence-corrected chi connectivity index (χ1v) is 6.17. The molecule has 0 fully saturated rings. The molecular formula is C14H17N3O2. The lowest BCUT2D eigenvalue weighted by atomic mass is 10.2. The van der Waals surface area contributed by atoms with Crippen LogP contribution >= 0.6 is 0 Å². The van der Waals surface area contributed by atoms with E-state index in [0.717, 1.165) is 17.7 Å². The topological polar surface area (TPSA) is 67.0 Å². The molecule has 0 spiro atoms. The van der Waals surface area contributed by atoms with E-state index in [2.05, 4.69) is 15.3 Å². The average molecular weight is 259 g/mol. The summed E-state index contributed by atoms with van der Waals surface area (Å²) in [7, 11) is 0. The van der Waals surface area contributed by atoms with Gasteiger partial charge in [-0.2, -0.15) is 0 Å². The number of ether oxygens (including phenoxy) is 1. The number of benzene rings is 1. The van der Waals surface area contributed by atoms with Crippen LogP contribution in [0.3, 0.4) is 0 Å². The third-order valence-corrected chi connectivity index (χ3v) is 2.63. The number of amides is 1. The minimum Gasteiger partial charge on any atom is -0.484 e. The van der Waals surface area contributed by atoms with E-state index >= 15 is 0 Å². The maximum absolute atomic E-state index is 11.6. The zero-order chi connectivity index (χ0) is 13.5. The lowest BCUT2D eigenvalue weighted by Gasteiger charge is -2.07. The van der Waals surface area contributed by atoms with Gasteiger partial charge in [-0.3, -0.25) is 4.79 Å². The van der Waals surface area contributed by atoms with Gasteiger partial charge in [-0.15, -0.1) is 0 Å². The Labute approximate surface area is 112 Å². The Kier molecular flexibility index (Phi) is 4.55. The summed E-state index contributed by atoms with van der Waals surface area (Å²) < 4.78 is 5.40. The lowest BCUT2D eigenvalue weighted by molar-refractivity contribution is -0.123. The second kappa shape index (κ2) is 6.58. The van der Waals surface area contributed by atoms with Crippen LogP contribution in [0.2, 0.25) is 0 Å². The fraction of sp³-hybridized carbons (Fsp3) is 0.286. The first-order chi connectivity index (χ1) is 9.24. The molecule has 0 aliphatic heterocycles. The predicted octanol–water partition coefficient (Wildman–Crippen LogP) is 1.46. The number of nitrogens with zero attached hydrogens (tertiary/aromatic N) is 1. The maximum Gasteiger partial charge on any atom is 0.257 e. The normalized spacial score (nSPS) is 10.2. The lowest BCUT2D eigenvalue weighted by Crippen LogP contribution is -2.30. The van der Waals surface area contributed by atoms with Gasteiger partial charge < -0.3 is 15.0 Å². The summed E-state index contributed by atoms with van der Waals surface area (Å²) in [5, 5.41) is 2.79. The van der Waals surface area contributed by atoms with E-state index in [-0.39, 0.29) is 12.5 Å². The second-order valence-electron chi connectivity index (χ2n) is 4.28. The molecule has 2 N–H and O–H groups in total. The van der Waals surface area contributed by atoms with Gasteiger partial charge in [0.15, 0.2) is 6.61 Å². The van der Waals surface area contributed by atoms with Crippen molar-refractivity contribution in [2.24, 2.45) is 0 Å². The molecule has 0 atom stereocenters. The molecule has 0 unspecified atom stereocenters. The average Bonchev–Trinajstić information content (AvgIpc) is 2.90. The van der Waals surface area contributed by atoms with Crippen LogP contribution in [0.4, 0.5) is 0 Å². The van der Waals surface area contributed by atoms with Gasteiger partial charge in [0.1, 0.15) is 5.75 Å². The Morgan fingerprint density at radius 3 is 3.11 bits per heavy atom. The predicted molar refractivity (Wildman–Crippen MR) is 72.0 cm³/mol. The first kappa shape index (κ1) is 13.1. The largest absolute Gasteiger partial charge is 0.484 e. The van der Waals surface area contributed by atoms with Crippen molar-refractivity contribution >= 4 is 5.91 Å². The van der Waals surface area contributed by atoms with E-state index in [1.165, 1.54) is 0 Å². The highest BCUT2D eigenvalue weighted by atomic mass is 16.5. The van der Waals surface area contributed by atoms with Gasteiger partial charge in [0.25, 0.3) is 5.91 Å². The Morgan fingerprint density at radius 2 is 2.37 bits per heavy atom. The summed E-state index contributed by atoms with van der Waals surface area (Å²) in [6.45, 7) is 2.59. The van der Waals surface area contributed by atoms with E-state index < -0.39 is 0 Å². The highest BCUT2D eigenvalue weighted by Gasteiger charge is 2.02. The number of rotatable bonds is 6. The van der Waals surface area contributed by atoms with Gasteiger partial charge in [-0.25, -0.2) is 4.98 Å². The molecule has 1 heterocycles. The molecule has 100 valence electrons. The van der Waals surface area contributed by atoms with Crippen LogP contribution in [0.5, 0.6) is 5.75 Å². The van der Waals surface area contributed by atoms with Crippen molar-refractivity contribution in [2.75, 3.05) is 13.2 Å². The molecule has 1 aromatic heterocycles. The van der Waals surface area contributed by atoms with Crippen LogP contribution in [-0.2, 0) is 11.2 Å². The van der Waals surface area contributed by atoms with Gasteiger partial charge in [0.05, 0.1) is 6.33 Å². The molecule has 2 aromatic rings. The smallest absolute Gasteiger partial charge is 0.257 e. The maximum atomic E-state index is 11.6. The third-order valence-electron chi connectivity index (χ3n) is 2.63. The Bertz CT molecular complexity index is 523. The number of carbonyl (C=O) groups is 1. The third kappa shape index (κ3) is 4.46. The van der Waals surface area contributed by atoms with Gasteiger partial charge in [-0.05, 0) is 24.6 Å². The SMILES string of the molecule is Cc1cccc(OCC(=O)NCCc2cnc[nH]2)c1. The fourth-order valence-corrected chi connectivity index (χ4v) is 1.66. The summed E-state index contributed by atoms with van der Waals surface area (Å²) in [6.07, 6.45) is 4.10. The Morgan fingerprint density at radius 1 is 1.47 bits per heavy atom. The van der Waals surface area contributed by atoms with Crippen molar-refractivity contribution in [2.45, 2.75) is 13.3 Å². The van der Waals surface area contributed by atoms with Crippen molar-refractivity contribution in [3.63, 3.8) is 0 Å². The molecule has 1 amide bonds. The second-order valence-corrected chi connectivity index (χ2v) is 4.28. The molecule has 0 saturated carbocycles. The number of H-pyrrole nitrogens is 1. The van der Waals surface area contributed by atoms with Crippen molar-refractivity contribution in [1.29, 1.82) is 0 Å². The molecule has 2 rings (SSSR count). The van der Waals surface area contributed by atoms with Gasteiger partial charge in [-0.1, -0.05) is 12.1 Å². The highest BCUT2D eigenvalue weighted by molar-refractivity contribution is 5.77. The standard InChI is InChI=1S/C14H17N3O2/c1-11-3-2-4-13(7-11)19-9-14(18)16-6-5-12-8-15-10-17-12/h2-4,7-8,10H,5-6,9H2,1H3,(H,15,17)(H,16,18). The van der Waals surface area contributed by atoms with Gasteiger partial charge in [0, 0.05) is 24.9 Å². The van der Waals surface area contributed by atoms with Crippen molar-refractivity contribution in [3.8, 4) is 5.75 Å². The molecule has 1 aromatic carbocycles. The monoisotopic (exact) mass is 259 g/mol. The van der Waals surface area contributed by atoms with E-state index in [1.807, 2.05) is 31.2 Å². The van der Waals surface area contributed by atoms with E-state index in [9.17, 15) is 4.79 Å². The van der Waals surface area contributed by atoms with E-state index in [0.29, 0.717) is 12.3 Å². The molecule has 0 bridgehead atoms. The molecule has 0 aliphatic carbocycles. The molecule has 5 heteroatoms. The van der Waals surface area contributed by atoms with Crippen molar-refractivity contribution in [1.82, 2.24) is 15.3 Å². The Balaban J connectivity index is 1.67. The van der Waals surface area contributed by atoms with Crippen LogP contribution in [0.15, 0.2) is 36.8 Å². The van der Waals surface area contributed by atoms with Crippen LogP contribution in [-0.4, -0.2) is 29.0 Å². The zero-order valence-electron chi connectivity index (χ0n) is 10.8.